The lowest BCUT2D eigenvalue weighted by Gasteiger charge is -2.34. The van der Waals surface area contributed by atoms with Crippen molar-refractivity contribution in [3.8, 4) is 0 Å². The maximum Gasteiger partial charge on any atom is 0.194 e. The fourth-order valence-corrected chi connectivity index (χ4v) is 3.31. The summed E-state index contributed by atoms with van der Waals surface area (Å²) >= 11 is 2.08. The highest BCUT2D eigenvalue weighted by Gasteiger charge is 2.21. The SMILES string of the molecule is CCNC(=NCc1ccoc1)N1CCSC(CC)C1.I. The Labute approximate surface area is 142 Å². The highest BCUT2D eigenvalue weighted by atomic mass is 127. The monoisotopic (exact) mass is 409 g/mol. The van der Waals surface area contributed by atoms with E-state index in [1.807, 2.05) is 6.07 Å². The predicted octanol–water partition coefficient (Wildman–Crippen LogP) is 3.19. The van der Waals surface area contributed by atoms with Crippen LogP contribution in [0.15, 0.2) is 28.0 Å². The molecule has 1 aliphatic rings. The van der Waals surface area contributed by atoms with Crippen LogP contribution < -0.4 is 5.32 Å². The van der Waals surface area contributed by atoms with Crippen molar-refractivity contribution in [2.45, 2.75) is 32.1 Å². The Hall–Kier alpha value is -0.370. The molecule has 1 saturated heterocycles. The van der Waals surface area contributed by atoms with Crippen molar-refractivity contribution in [3.05, 3.63) is 24.2 Å². The molecule has 0 bridgehead atoms. The zero-order valence-corrected chi connectivity index (χ0v) is 15.3. The minimum Gasteiger partial charge on any atom is -0.472 e. The van der Waals surface area contributed by atoms with Crippen molar-refractivity contribution >= 4 is 41.7 Å². The summed E-state index contributed by atoms with van der Waals surface area (Å²) in [6, 6.07) is 1.97. The third-order valence-corrected chi connectivity index (χ3v) is 4.59. The molecule has 1 unspecified atom stereocenters. The summed E-state index contributed by atoms with van der Waals surface area (Å²) in [5.74, 6) is 2.22. The number of rotatable bonds is 4. The average Bonchev–Trinajstić information content (AvgIpc) is 2.97. The van der Waals surface area contributed by atoms with Crippen molar-refractivity contribution in [1.82, 2.24) is 10.2 Å². The van der Waals surface area contributed by atoms with Gasteiger partial charge in [-0.1, -0.05) is 6.92 Å². The van der Waals surface area contributed by atoms with E-state index in [9.17, 15) is 0 Å². The van der Waals surface area contributed by atoms with Gasteiger partial charge in [-0.15, -0.1) is 24.0 Å². The number of nitrogens with zero attached hydrogens (tertiary/aromatic N) is 2. The smallest absolute Gasteiger partial charge is 0.194 e. The van der Waals surface area contributed by atoms with Gasteiger partial charge in [-0.25, -0.2) is 4.99 Å². The number of halogens is 1. The van der Waals surface area contributed by atoms with Gasteiger partial charge in [0, 0.05) is 36.2 Å². The molecule has 1 N–H and O–H groups in total. The second-order valence-electron chi connectivity index (χ2n) is 4.65. The Morgan fingerprint density at radius 2 is 2.40 bits per heavy atom. The van der Waals surface area contributed by atoms with Gasteiger partial charge >= 0.3 is 0 Å². The number of thioether (sulfide) groups is 1. The Kier molecular flexibility index (Phi) is 8.44. The summed E-state index contributed by atoms with van der Waals surface area (Å²) in [7, 11) is 0. The molecule has 4 nitrogen and oxygen atoms in total. The lowest BCUT2D eigenvalue weighted by molar-refractivity contribution is 0.408. The molecule has 20 heavy (non-hydrogen) atoms. The third-order valence-electron chi connectivity index (χ3n) is 3.22. The van der Waals surface area contributed by atoms with Crippen LogP contribution in [0.2, 0.25) is 0 Å². The van der Waals surface area contributed by atoms with Crippen molar-refractivity contribution in [2.75, 3.05) is 25.4 Å². The molecule has 2 heterocycles. The molecule has 2 rings (SSSR count). The maximum absolute atomic E-state index is 5.08. The Balaban J connectivity index is 0.00000200. The normalized spacial score (nSPS) is 19.6. The zero-order chi connectivity index (χ0) is 13.5. The third kappa shape index (κ3) is 5.20. The van der Waals surface area contributed by atoms with E-state index in [2.05, 4.69) is 35.8 Å². The van der Waals surface area contributed by atoms with Crippen molar-refractivity contribution in [2.24, 2.45) is 4.99 Å². The minimum atomic E-state index is 0. The molecular weight excluding hydrogens is 385 g/mol. The first kappa shape index (κ1) is 17.7. The van der Waals surface area contributed by atoms with E-state index < -0.39 is 0 Å². The van der Waals surface area contributed by atoms with Gasteiger partial charge < -0.3 is 14.6 Å². The van der Waals surface area contributed by atoms with Gasteiger partial charge in [0.15, 0.2) is 5.96 Å². The van der Waals surface area contributed by atoms with E-state index in [1.54, 1.807) is 12.5 Å². The number of guanidine groups is 1. The molecule has 1 aromatic heterocycles. The van der Waals surface area contributed by atoms with Crippen molar-refractivity contribution in [3.63, 3.8) is 0 Å². The summed E-state index contributed by atoms with van der Waals surface area (Å²) in [6.07, 6.45) is 4.68. The standard InChI is InChI=1S/C14H23N3OS.HI/c1-3-13-10-17(6-8-19-13)14(15-4-2)16-9-12-5-7-18-11-12;/h5,7,11,13H,3-4,6,8-10H2,1-2H3,(H,15,16);1H. The number of furan rings is 1. The summed E-state index contributed by atoms with van der Waals surface area (Å²) in [5, 5.41) is 4.12. The Morgan fingerprint density at radius 3 is 3.05 bits per heavy atom. The summed E-state index contributed by atoms with van der Waals surface area (Å²) < 4.78 is 5.08. The van der Waals surface area contributed by atoms with E-state index in [1.165, 1.54) is 12.2 Å². The number of nitrogens with one attached hydrogen (secondary N) is 1. The minimum absolute atomic E-state index is 0. The molecule has 1 atom stereocenters. The molecule has 0 amide bonds. The quantitative estimate of drug-likeness (QED) is 0.471. The van der Waals surface area contributed by atoms with E-state index in [4.69, 9.17) is 9.41 Å². The van der Waals surface area contributed by atoms with Crippen LogP contribution in [0.1, 0.15) is 25.8 Å². The second-order valence-corrected chi connectivity index (χ2v) is 6.06. The predicted molar refractivity (Wildman–Crippen MR) is 97.0 cm³/mol. The molecule has 1 fully saturated rings. The largest absolute Gasteiger partial charge is 0.472 e. The highest BCUT2D eigenvalue weighted by molar-refractivity contribution is 14.0. The first-order valence-corrected chi connectivity index (χ1v) is 8.04. The van der Waals surface area contributed by atoms with E-state index in [0.717, 1.165) is 36.4 Å². The van der Waals surface area contributed by atoms with Gasteiger partial charge in [-0.2, -0.15) is 11.8 Å². The fraction of sp³-hybridized carbons (Fsp3) is 0.643. The van der Waals surface area contributed by atoms with Gasteiger partial charge in [-0.05, 0) is 19.4 Å². The van der Waals surface area contributed by atoms with E-state index in [-0.39, 0.29) is 24.0 Å². The van der Waals surface area contributed by atoms with Crippen LogP contribution in [-0.2, 0) is 6.54 Å². The molecule has 1 aromatic rings. The van der Waals surface area contributed by atoms with Crippen LogP contribution in [0, 0.1) is 0 Å². The molecule has 0 saturated carbocycles. The molecule has 1 aliphatic heterocycles. The summed E-state index contributed by atoms with van der Waals surface area (Å²) in [6.45, 7) is 8.14. The van der Waals surface area contributed by atoms with Crippen molar-refractivity contribution < 1.29 is 4.42 Å². The van der Waals surface area contributed by atoms with Crippen LogP contribution in [0.5, 0.6) is 0 Å². The molecule has 0 spiro atoms. The van der Waals surface area contributed by atoms with Crippen molar-refractivity contribution in [1.29, 1.82) is 0 Å². The maximum atomic E-state index is 5.08. The molecule has 114 valence electrons. The molecule has 0 radical (unpaired) electrons. The van der Waals surface area contributed by atoms with Gasteiger partial charge in [-0.3, -0.25) is 0 Å². The van der Waals surface area contributed by atoms with Crippen LogP contribution in [0.25, 0.3) is 0 Å². The molecule has 0 aromatic carbocycles. The molecular formula is C14H24IN3OS. The fourth-order valence-electron chi connectivity index (χ4n) is 2.13. The van der Waals surface area contributed by atoms with Gasteiger partial charge in [0.05, 0.1) is 19.1 Å². The zero-order valence-electron chi connectivity index (χ0n) is 12.2. The number of hydrogen-bond acceptors (Lipinski definition) is 3. The van der Waals surface area contributed by atoms with Crippen LogP contribution >= 0.6 is 35.7 Å². The second kappa shape index (κ2) is 9.55. The number of hydrogen-bond donors (Lipinski definition) is 1. The van der Waals surface area contributed by atoms with Gasteiger partial charge in [0.2, 0.25) is 0 Å². The Bertz CT molecular complexity index is 397. The van der Waals surface area contributed by atoms with E-state index >= 15 is 0 Å². The lowest BCUT2D eigenvalue weighted by atomic mass is 10.3. The van der Waals surface area contributed by atoms with Gasteiger partial charge in [0.1, 0.15) is 0 Å². The molecule has 6 heteroatoms. The summed E-state index contributed by atoms with van der Waals surface area (Å²) in [5.41, 5.74) is 1.12. The first-order valence-electron chi connectivity index (χ1n) is 6.99. The Morgan fingerprint density at radius 1 is 1.55 bits per heavy atom. The summed E-state index contributed by atoms with van der Waals surface area (Å²) in [4.78, 5) is 7.09. The average molecular weight is 409 g/mol. The van der Waals surface area contributed by atoms with Gasteiger partial charge in [0.25, 0.3) is 0 Å². The van der Waals surface area contributed by atoms with Crippen LogP contribution in [-0.4, -0.2) is 41.5 Å². The lowest BCUT2D eigenvalue weighted by Crippen LogP contribution is -2.47. The van der Waals surface area contributed by atoms with Crippen LogP contribution in [0.4, 0.5) is 0 Å². The van der Waals surface area contributed by atoms with Crippen LogP contribution in [0.3, 0.4) is 0 Å². The van der Waals surface area contributed by atoms with E-state index in [0.29, 0.717) is 6.54 Å². The molecule has 0 aliphatic carbocycles. The first-order chi connectivity index (χ1) is 9.33. The highest BCUT2D eigenvalue weighted by Crippen LogP contribution is 2.21. The number of aliphatic imine (C=N–C) groups is 1. The topological polar surface area (TPSA) is 40.8 Å².